The predicted octanol–water partition coefficient (Wildman–Crippen LogP) is 2.72. The van der Waals surface area contributed by atoms with Crippen molar-refractivity contribution < 1.29 is 4.68 Å². The van der Waals surface area contributed by atoms with E-state index in [-0.39, 0.29) is 0 Å². The van der Waals surface area contributed by atoms with Crippen LogP contribution in [0.4, 0.5) is 5.95 Å². The number of aromatic nitrogens is 4. The molecule has 0 aliphatic carbocycles. The highest BCUT2D eigenvalue weighted by Gasteiger charge is 2.22. The Hall–Kier alpha value is -3.02. The van der Waals surface area contributed by atoms with Gasteiger partial charge >= 0.3 is 5.95 Å². The Kier molecular flexibility index (Phi) is 4.61. The van der Waals surface area contributed by atoms with E-state index in [4.69, 9.17) is 5.73 Å². The lowest BCUT2D eigenvalue weighted by molar-refractivity contribution is -0.648. The SMILES string of the molecule is CC(C)=NCc1cc(C)cc(C)c1-[n+]1nn(-c2ccccc2)nc1N. The minimum absolute atomic E-state index is 0.342. The molecule has 0 amide bonds. The van der Waals surface area contributed by atoms with Crippen molar-refractivity contribution in [3.05, 3.63) is 59.2 Å². The van der Waals surface area contributed by atoms with Crippen LogP contribution < -0.4 is 10.4 Å². The molecule has 0 saturated heterocycles. The quantitative estimate of drug-likeness (QED) is 0.588. The molecule has 0 aliphatic rings. The molecular weight excluding hydrogens is 312 g/mol. The molecular formula is C19H23N6+. The molecule has 3 rings (SSSR count). The molecule has 6 heteroatoms. The Morgan fingerprint density at radius 2 is 1.88 bits per heavy atom. The highest BCUT2D eigenvalue weighted by atomic mass is 15.6. The first-order valence-corrected chi connectivity index (χ1v) is 8.24. The molecule has 1 aromatic heterocycles. The number of nitrogens with two attached hydrogens (primary N) is 1. The molecule has 3 aromatic rings. The molecule has 0 aliphatic heterocycles. The minimum Gasteiger partial charge on any atom is -0.303 e. The zero-order valence-corrected chi connectivity index (χ0v) is 15.1. The van der Waals surface area contributed by atoms with Gasteiger partial charge in [0.05, 0.1) is 11.6 Å². The number of aryl methyl sites for hydroxylation is 2. The summed E-state index contributed by atoms with van der Waals surface area (Å²) < 4.78 is 1.69. The van der Waals surface area contributed by atoms with Crippen molar-refractivity contribution in [1.29, 1.82) is 0 Å². The fraction of sp³-hybridized carbons (Fsp3) is 0.263. The van der Waals surface area contributed by atoms with Gasteiger partial charge in [-0.2, -0.15) is 0 Å². The number of rotatable bonds is 4. The second kappa shape index (κ2) is 6.84. The molecule has 0 unspecified atom stereocenters. The van der Waals surface area contributed by atoms with Gasteiger partial charge in [-0.05, 0) is 50.2 Å². The Morgan fingerprint density at radius 1 is 1.16 bits per heavy atom. The van der Waals surface area contributed by atoms with Crippen LogP contribution in [0.15, 0.2) is 47.5 Å². The van der Waals surface area contributed by atoms with Crippen molar-refractivity contribution in [2.45, 2.75) is 34.2 Å². The summed E-state index contributed by atoms with van der Waals surface area (Å²) in [5.74, 6) is 0.342. The number of hydrogen-bond acceptors (Lipinski definition) is 4. The fourth-order valence-corrected chi connectivity index (χ4v) is 2.83. The summed E-state index contributed by atoms with van der Waals surface area (Å²) in [6.45, 7) is 8.72. The molecule has 0 radical (unpaired) electrons. The summed E-state index contributed by atoms with van der Waals surface area (Å²) in [4.78, 5) is 6.11. The first-order chi connectivity index (χ1) is 12.0. The number of aliphatic imine (C=N–C) groups is 1. The van der Waals surface area contributed by atoms with Gasteiger partial charge in [0.15, 0.2) is 0 Å². The third-order valence-electron chi connectivity index (χ3n) is 3.88. The number of nitrogens with zero attached hydrogens (tertiary/aromatic N) is 5. The topological polar surface area (TPSA) is 73.0 Å². The Bertz CT molecular complexity index is 921. The molecule has 0 fully saturated rings. The van der Waals surface area contributed by atoms with Crippen molar-refractivity contribution in [3.63, 3.8) is 0 Å². The maximum atomic E-state index is 6.18. The third-order valence-corrected chi connectivity index (χ3v) is 3.88. The molecule has 2 N–H and O–H groups in total. The summed E-state index contributed by atoms with van der Waals surface area (Å²) >= 11 is 0. The van der Waals surface area contributed by atoms with E-state index in [2.05, 4.69) is 41.3 Å². The van der Waals surface area contributed by atoms with Crippen molar-refractivity contribution in [1.82, 2.24) is 15.1 Å². The van der Waals surface area contributed by atoms with Crippen LogP contribution in [-0.4, -0.2) is 20.8 Å². The maximum Gasteiger partial charge on any atom is 0.401 e. The standard InChI is InChI=1S/C19H23N6/c1-13(2)21-12-16-11-14(3)10-15(4)18(16)24-19(20)22-25(23-24)17-8-6-5-7-9-17/h5-11H,12H2,1-4H3,(H2,20,22,23)/q+1. The molecule has 0 saturated carbocycles. The van der Waals surface area contributed by atoms with Crippen LogP contribution in [0.1, 0.15) is 30.5 Å². The van der Waals surface area contributed by atoms with Crippen molar-refractivity contribution in [3.8, 4) is 11.4 Å². The highest BCUT2D eigenvalue weighted by Crippen LogP contribution is 2.19. The van der Waals surface area contributed by atoms with Crippen LogP contribution in [0.5, 0.6) is 0 Å². The number of anilines is 1. The van der Waals surface area contributed by atoms with Gasteiger partial charge in [0, 0.05) is 16.5 Å². The lowest BCUT2D eigenvalue weighted by Crippen LogP contribution is -2.38. The van der Waals surface area contributed by atoms with Gasteiger partial charge in [0.2, 0.25) is 0 Å². The second-order valence-electron chi connectivity index (χ2n) is 6.34. The lowest BCUT2D eigenvalue weighted by atomic mass is 10.0. The fourth-order valence-electron chi connectivity index (χ4n) is 2.83. The summed E-state index contributed by atoms with van der Waals surface area (Å²) in [6.07, 6.45) is 0. The Balaban J connectivity index is 2.13. The predicted molar refractivity (Wildman–Crippen MR) is 99.3 cm³/mol. The van der Waals surface area contributed by atoms with E-state index in [9.17, 15) is 0 Å². The number of nitrogen functional groups attached to an aromatic ring is 1. The van der Waals surface area contributed by atoms with Gasteiger partial charge in [-0.3, -0.25) is 4.99 Å². The monoisotopic (exact) mass is 335 g/mol. The van der Waals surface area contributed by atoms with E-state index < -0.39 is 0 Å². The van der Waals surface area contributed by atoms with Crippen LogP contribution in [0.3, 0.4) is 0 Å². The normalized spacial score (nSPS) is 10.7. The first-order valence-electron chi connectivity index (χ1n) is 8.24. The number of tetrazole rings is 1. The molecule has 2 aromatic carbocycles. The van der Waals surface area contributed by atoms with Crippen molar-refractivity contribution in [2.75, 3.05) is 5.73 Å². The molecule has 6 nitrogen and oxygen atoms in total. The zero-order chi connectivity index (χ0) is 18.0. The highest BCUT2D eigenvalue weighted by molar-refractivity contribution is 5.79. The van der Waals surface area contributed by atoms with E-state index in [0.29, 0.717) is 12.5 Å². The van der Waals surface area contributed by atoms with Crippen LogP contribution >= 0.6 is 0 Å². The van der Waals surface area contributed by atoms with E-state index in [1.807, 2.05) is 44.2 Å². The Morgan fingerprint density at radius 3 is 2.56 bits per heavy atom. The van der Waals surface area contributed by atoms with Crippen LogP contribution in [0, 0.1) is 13.8 Å². The van der Waals surface area contributed by atoms with E-state index in [0.717, 1.165) is 28.2 Å². The van der Waals surface area contributed by atoms with Crippen LogP contribution in [-0.2, 0) is 6.54 Å². The van der Waals surface area contributed by atoms with Crippen molar-refractivity contribution in [2.24, 2.45) is 4.99 Å². The summed E-state index contributed by atoms with van der Waals surface area (Å²) in [5, 5.41) is 8.94. The molecule has 0 atom stereocenters. The average Bonchev–Trinajstić information content (AvgIpc) is 2.95. The van der Waals surface area contributed by atoms with Gasteiger partial charge in [-0.15, -0.1) is 0 Å². The van der Waals surface area contributed by atoms with Crippen LogP contribution in [0.2, 0.25) is 0 Å². The van der Waals surface area contributed by atoms with E-state index >= 15 is 0 Å². The number of para-hydroxylation sites is 1. The minimum atomic E-state index is 0.342. The largest absolute Gasteiger partial charge is 0.401 e. The lowest BCUT2D eigenvalue weighted by Gasteiger charge is -2.10. The molecule has 0 bridgehead atoms. The van der Waals surface area contributed by atoms with E-state index in [1.54, 1.807) is 9.48 Å². The smallest absolute Gasteiger partial charge is 0.303 e. The van der Waals surface area contributed by atoms with Gasteiger partial charge in [0.25, 0.3) is 0 Å². The van der Waals surface area contributed by atoms with E-state index in [1.165, 1.54) is 5.56 Å². The summed E-state index contributed by atoms with van der Waals surface area (Å²) in [6, 6.07) is 14.0. The second-order valence-corrected chi connectivity index (χ2v) is 6.34. The molecule has 25 heavy (non-hydrogen) atoms. The zero-order valence-electron chi connectivity index (χ0n) is 15.1. The average molecular weight is 335 g/mol. The molecule has 1 heterocycles. The summed E-state index contributed by atoms with van der Waals surface area (Å²) in [7, 11) is 0. The summed E-state index contributed by atoms with van der Waals surface area (Å²) in [5.41, 5.74) is 12.4. The maximum absolute atomic E-state index is 6.18. The van der Waals surface area contributed by atoms with Crippen molar-refractivity contribution >= 4 is 11.7 Å². The van der Waals surface area contributed by atoms with Gasteiger partial charge in [0.1, 0.15) is 11.4 Å². The first kappa shape index (κ1) is 16.8. The molecule has 0 spiro atoms. The van der Waals surface area contributed by atoms with Gasteiger partial charge < -0.3 is 5.73 Å². The third kappa shape index (κ3) is 3.57. The van der Waals surface area contributed by atoms with Gasteiger partial charge in [-0.25, -0.2) is 0 Å². The van der Waals surface area contributed by atoms with Crippen LogP contribution in [0.25, 0.3) is 11.4 Å². The van der Waals surface area contributed by atoms with Gasteiger partial charge in [-0.1, -0.05) is 40.6 Å². The number of benzene rings is 2. The number of hydrogen-bond donors (Lipinski definition) is 1. The Labute approximate surface area is 147 Å². The molecule has 128 valence electrons.